The third kappa shape index (κ3) is 6.18. The maximum absolute atomic E-state index is 13.1. The van der Waals surface area contributed by atoms with Crippen LogP contribution in [0.2, 0.25) is 0 Å². The lowest BCUT2D eigenvalue weighted by atomic mass is 10.1. The molecule has 0 aliphatic carbocycles. The monoisotopic (exact) mass is 439 g/mol. The highest BCUT2D eigenvalue weighted by Gasteiger charge is 2.39. The van der Waals surface area contributed by atoms with Crippen LogP contribution in [0.15, 0.2) is 53.5 Å². The lowest BCUT2D eigenvalue weighted by Gasteiger charge is -2.16. The molecule has 0 radical (unpaired) electrons. The van der Waals surface area contributed by atoms with E-state index in [4.69, 9.17) is 4.74 Å². The molecule has 1 saturated heterocycles. The summed E-state index contributed by atoms with van der Waals surface area (Å²) in [5.41, 5.74) is 3.60. The quantitative estimate of drug-likeness (QED) is 0.576. The zero-order valence-corrected chi connectivity index (χ0v) is 19.1. The van der Waals surface area contributed by atoms with Gasteiger partial charge in [0.05, 0.1) is 5.69 Å². The number of aryl methyl sites for hydroxylation is 2. The van der Waals surface area contributed by atoms with E-state index in [1.165, 1.54) is 11.8 Å². The molecular weight excluding hydrogens is 410 g/mol. The van der Waals surface area contributed by atoms with Crippen molar-refractivity contribution in [1.29, 1.82) is 0 Å². The molecule has 0 bridgehead atoms. The van der Waals surface area contributed by atoms with Crippen LogP contribution in [-0.4, -0.2) is 46.9 Å². The average Bonchev–Trinajstić information content (AvgIpc) is 3.03. The first-order valence-electron chi connectivity index (χ1n) is 10.5. The number of carbonyl (C=O) groups excluding carboxylic acids is 2. The van der Waals surface area contributed by atoms with Crippen molar-refractivity contribution >= 4 is 40.1 Å². The van der Waals surface area contributed by atoms with Gasteiger partial charge in [-0.1, -0.05) is 48.2 Å². The van der Waals surface area contributed by atoms with Crippen molar-refractivity contribution in [3.8, 4) is 0 Å². The number of rotatable bonds is 9. The Morgan fingerprint density at radius 3 is 2.52 bits per heavy atom. The molecule has 31 heavy (non-hydrogen) atoms. The minimum Gasteiger partial charge on any atom is -0.382 e. The maximum Gasteiger partial charge on any atom is 0.242 e. The lowest BCUT2D eigenvalue weighted by molar-refractivity contribution is -0.128. The zero-order valence-electron chi connectivity index (χ0n) is 18.3. The van der Waals surface area contributed by atoms with Crippen LogP contribution in [0, 0.1) is 13.8 Å². The Hall–Kier alpha value is -2.64. The van der Waals surface area contributed by atoms with Gasteiger partial charge in [0.15, 0.2) is 5.17 Å². The molecule has 2 aromatic carbocycles. The molecule has 2 amide bonds. The third-order valence-electron chi connectivity index (χ3n) is 4.99. The number of carbonyl (C=O) groups is 2. The highest BCUT2D eigenvalue weighted by Crippen LogP contribution is 2.32. The molecule has 1 heterocycles. The summed E-state index contributed by atoms with van der Waals surface area (Å²) in [6, 6.07) is 15.4. The topological polar surface area (TPSA) is 71.0 Å². The lowest BCUT2D eigenvalue weighted by Crippen LogP contribution is -2.34. The third-order valence-corrected chi connectivity index (χ3v) is 6.17. The normalized spacial score (nSPS) is 17.4. The predicted molar refractivity (Wildman–Crippen MR) is 127 cm³/mol. The smallest absolute Gasteiger partial charge is 0.242 e. The molecule has 6 nitrogen and oxygen atoms in total. The van der Waals surface area contributed by atoms with E-state index in [0.717, 1.165) is 28.9 Å². The molecule has 0 spiro atoms. The Morgan fingerprint density at radius 1 is 1.13 bits per heavy atom. The summed E-state index contributed by atoms with van der Waals surface area (Å²) in [6.07, 6.45) is 0.822. The number of benzene rings is 2. The van der Waals surface area contributed by atoms with Crippen molar-refractivity contribution in [1.82, 2.24) is 4.90 Å². The summed E-state index contributed by atoms with van der Waals surface area (Å²) in [5, 5.41) is 3.13. The zero-order chi connectivity index (χ0) is 22.2. The number of amides is 2. The van der Waals surface area contributed by atoms with Gasteiger partial charge in [-0.3, -0.25) is 14.5 Å². The fourth-order valence-corrected chi connectivity index (χ4v) is 4.57. The Kier molecular flexibility index (Phi) is 8.26. The fraction of sp³-hybridized carbons (Fsp3) is 0.375. The van der Waals surface area contributed by atoms with Crippen LogP contribution < -0.4 is 5.32 Å². The first-order chi connectivity index (χ1) is 15.0. The Morgan fingerprint density at radius 2 is 1.84 bits per heavy atom. The molecule has 1 atom stereocenters. The summed E-state index contributed by atoms with van der Waals surface area (Å²) >= 11 is 1.36. The molecule has 1 aliphatic heterocycles. The molecule has 2 aromatic rings. The SMILES string of the molecule is CCOCCCN1C(=O)C(CC(=O)Nc2c(C)cccc2C)SC1=Nc1ccccc1. The molecule has 1 aliphatic rings. The minimum atomic E-state index is -0.487. The largest absolute Gasteiger partial charge is 0.382 e. The average molecular weight is 440 g/mol. The van der Waals surface area contributed by atoms with Gasteiger partial charge in [-0.05, 0) is 50.5 Å². The summed E-state index contributed by atoms with van der Waals surface area (Å²) in [7, 11) is 0. The fourth-order valence-electron chi connectivity index (χ4n) is 3.38. The van der Waals surface area contributed by atoms with Gasteiger partial charge in [0, 0.05) is 31.9 Å². The van der Waals surface area contributed by atoms with Crippen molar-refractivity contribution in [2.24, 2.45) is 4.99 Å². The maximum atomic E-state index is 13.1. The van der Waals surface area contributed by atoms with Crippen molar-refractivity contribution < 1.29 is 14.3 Å². The van der Waals surface area contributed by atoms with E-state index >= 15 is 0 Å². The van der Waals surface area contributed by atoms with Crippen LogP contribution in [0.1, 0.15) is 30.9 Å². The second-order valence-corrected chi connectivity index (χ2v) is 8.57. The first-order valence-corrected chi connectivity index (χ1v) is 11.4. The molecule has 3 rings (SSSR count). The van der Waals surface area contributed by atoms with Crippen LogP contribution in [0.4, 0.5) is 11.4 Å². The second-order valence-electron chi connectivity index (χ2n) is 7.40. The van der Waals surface area contributed by atoms with E-state index < -0.39 is 5.25 Å². The first kappa shape index (κ1) is 23.0. The van der Waals surface area contributed by atoms with Gasteiger partial charge in [-0.15, -0.1) is 0 Å². The van der Waals surface area contributed by atoms with Crippen LogP contribution in [-0.2, 0) is 14.3 Å². The Balaban J connectivity index is 1.72. The molecule has 0 saturated carbocycles. The molecule has 1 fully saturated rings. The van der Waals surface area contributed by atoms with Crippen LogP contribution in [0.25, 0.3) is 0 Å². The number of hydrogen-bond donors (Lipinski definition) is 1. The summed E-state index contributed by atoms with van der Waals surface area (Å²) in [4.78, 5) is 32.2. The molecule has 7 heteroatoms. The number of ether oxygens (including phenoxy) is 1. The number of hydrogen-bond acceptors (Lipinski definition) is 5. The van der Waals surface area contributed by atoms with E-state index in [1.54, 1.807) is 4.90 Å². The van der Waals surface area contributed by atoms with E-state index in [1.807, 2.05) is 69.3 Å². The molecule has 0 aromatic heterocycles. The highest BCUT2D eigenvalue weighted by atomic mass is 32.2. The Labute approximate surface area is 188 Å². The van der Waals surface area contributed by atoms with Crippen LogP contribution in [0.5, 0.6) is 0 Å². The van der Waals surface area contributed by atoms with Gasteiger partial charge in [-0.25, -0.2) is 4.99 Å². The molecular formula is C24H29N3O3S. The van der Waals surface area contributed by atoms with Gasteiger partial charge in [0.25, 0.3) is 0 Å². The van der Waals surface area contributed by atoms with Gasteiger partial charge in [0.2, 0.25) is 11.8 Å². The number of anilines is 1. The van der Waals surface area contributed by atoms with Crippen molar-refractivity contribution in [3.05, 3.63) is 59.7 Å². The van der Waals surface area contributed by atoms with E-state index in [9.17, 15) is 9.59 Å². The van der Waals surface area contributed by atoms with Crippen LogP contribution >= 0.6 is 11.8 Å². The molecule has 1 N–H and O–H groups in total. The summed E-state index contributed by atoms with van der Waals surface area (Å²) in [6.45, 7) is 7.62. The summed E-state index contributed by atoms with van der Waals surface area (Å²) < 4.78 is 5.41. The van der Waals surface area contributed by atoms with E-state index in [-0.39, 0.29) is 18.2 Å². The molecule has 164 valence electrons. The van der Waals surface area contributed by atoms with E-state index in [0.29, 0.717) is 24.9 Å². The van der Waals surface area contributed by atoms with E-state index in [2.05, 4.69) is 10.3 Å². The number of thioether (sulfide) groups is 1. The number of nitrogens with one attached hydrogen (secondary N) is 1. The number of aliphatic imine (C=N–C) groups is 1. The number of amidine groups is 1. The number of nitrogens with zero attached hydrogens (tertiary/aromatic N) is 2. The molecule has 1 unspecified atom stereocenters. The standard InChI is InChI=1S/C24H29N3O3S/c1-4-30-15-9-14-27-23(29)20(31-24(27)25-19-12-6-5-7-13-19)16-21(28)26-22-17(2)10-8-11-18(22)3/h5-8,10-13,20H,4,9,14-16H2,1-3H3,(H,26,28). The van der Waals surface area contributed by atoms with Gasteiger partial charge in [-0.2, -0.15) is 0 Å². The highest BCUT2D eigenvalue weighted by molar-refractivity contribution is 8.15. The van der Waals surface area contributed by atoms with Crippen molar-refractivity contribution in [2.45, 2.75) is 38.9 Å². The van der Waals surface area contributed by atoms with Gasteiger partial charge < -0.3 is 10.1 Å². The van der Waals surface area contributed by atoms with Crippen LogP contribution in [0.3, 0.4) is 0 Å². The minimum absolute atomic E-state index is 0.0761. The summed E-state index contributed by atoms with van der Waals surface area (Å²) in [5.74, 6) is -0.244. The number of para-hydroxylation sites is 2. The predicted octanol–water partition coefficient (Wildman–Crippen LogP) is 4.69. The second kappa shape index (κ2) is 11.1. The van der Waals surface area contributed by atoms with Crippen molar-refractivity contribution in [3.63, 3.8) is 0 Å². The Bertz CT molecular complexity index is 926. The van der Waals surface area contributed by atoms with Gasteiger partial charge in [0.1, 0.15) is 5.25 Å². The van der Waals surface area contributed by atoms with Gasteiger partial charge >= 0.3 is 0 Å². The van der Waals surface area contributed by atoms with Crippen molar-refractivity contribution in [2.75, 3.05) is 25.1 Å².